The molecule has 0 bridgehead atoms. The van der Waals surface area contributed by atoms with Gasteiger partial charge in [0.05, 0.1) is 6.20 Å². The van der Waals surface area contributed by atoms with Crippen LogP contribution in [0.4, 0.5) is 5.69 Å². The molecule has 1 aromatic carbocycles. The largest absolute Gasteiger partial charge is 0.445 e. The lowest BCUT2D eigenvalue weighted by Crippen LogP contribution is -2.13. The van der Waals surface area contributed by atoms with E-state index in [0.717, 1.165) is 16.8 Å². The molecule has 5 nitrogen and oxygen atoms in total. The van der Waals surface area contributed by atoms with E-state index < -0.39 is 0 Å². The van der Waals surface area contributed by atoms with Crippen LogP contribution in [-0.4, -0.2) is 17.4 Å². The third-order valence-corrected chi connectivity index (χ3v) is 2.79. The van der Waals surface area contributed by atoms with E-state index in [-0.39, 0.29) is 18.3 Å². The van der Waals surface area contributed by atoms with Crippen molar-refractivity contribution in [3.8, 4) is 11.5 Å². The van der Waals surface area contributed by atoms with Gasteiger partial charge in [-0.15, -0.1) is 12.4 Å². The van der Waals surface area contributed by atoms with Gasteiger partial charge >= 0.3 is 0 Å². The minimum atomic E-state index is -0.0346. The Kier molecular flexibility index (Phi) is 6.21. The summed E-state index contributed by atoms with van der Waals surface area (Å²) in [5, 5.41) is 2.84. The molecule has 0 saturated carbocycles. The van der Waals surface area contributed by atoms with Gasteiger partial charge in [-0.25, -0.2) is 4.98 Å². The van der Waals surface area contributed by atoms with Crippen molar-refractivity contribution in [2.45, 2.75) is 19.8 Å². The highest BCUT2D eigenvalue weighted by molar-refractivity contribution is 5.91. The van der Waals surface area contributed by atoms with Crippen LogP contribution in [0.15, 0.2) is 35.1 Å². The molecule has 1 amide bonds. The Morgan fingerprint density at radius 1 is 1.45 bits per heavy atom. The van der Waals surface area contributed by atoms with E-state index in [1.807, 2.05) is 25.1 Å². The molecule has 0 atom stereocenters. The fraction of sp³-hybridized carbons (Fsp3) is 0.286. The topological polar surface area (TPSA) is 81.2 Å². The van der Waals surface area contributed by atoms with Gasteiger partial charge in [-0.05, 0) is 37.6 Å². The van der Waals surface area contributed by atoms with E-state index in [4.69, 9.17) is 10.2 Å². The van der Waals surface area contributed by atoms with Gasteiger partial charge in [-0.2, -0.15) is 0 Å². The van der Waals surface area contributed by atoms with Crippen molar-refractivity contribution in [1.29, 1.82) is 0 Å². The zero-order chi connectivity index (χ0) is 13.7. The number of oxazole rings is 1. The Bertz CT molecular complexity index is 556. The number of nitrogens with two attached hydrogens (primary N) is 1. The number of hydrogen-bond donors (Lipinski definition) is 2. The zero-order valence-electron chi connectivity index (χ0n) is 11.3. The van der Waals surface area contributed by atoms with Crippen LogP contribution in [0.1, 0.15) is 18.4 Å². The Morgan fingerprint density at radius 3 is 2.90 bits per heavy atom. The van der Waals surface area contributed by atoms with E-state index in [9.17, 15) is 4.79 Å². The van der Waals surface area contributed by atoms with E-state index >= 15 is 0 Å². The number of nitrogens with zero attached hydrogens (tertiary/aromatic N) is 1. The fourth-order valence-corrected chi connectivity index (χ4v) is 1.77. The predicted molar refractivity (Wildman–Crippen MR) is 80.8 cm³/mol. The number of halogens is 1. The molecule has 2 rings (SSSR count). The van der Waals surface area contributed by atoms with Crippen LogP contribution in [0.5, 0.6) is 0 Å². The van der Waals surface area contributed by atoms with Gasteiger partial charge in [-0.3, -0.25) is 4.79 Å². The van der Waals surface area contributed by atoms with Crippen LogP contribution in [0.3, 0.4) is 0 Å². The summed E-state index contributed by atoms with van der Waals surface area (Å²) in [5.74, 6) is 0.517. The van der Waals surface area contributed by atoms with E-state index in [2.05, 4.69) is 10.3 Å². The number of hydrogen-bond acceptors (Lipinski definition) is 4. The third kappa shape index (κ3) is 4.08. The summed E-state index contributed by atoms with van der Waals surface area (Å²) >= 11 is 0. The molecule has 2 aromatic rings. The van der Waals surface area contributed by atoms with Crippen LogP contribution in [0, 0.1) is 6.92 Å². The van der Waals surface area contributed by atoms with E-state index in [0.29, 0.717) is 25.3 Å². The Hall–Kier alpha value is -1.85. The van der Waals surface area contributed by atoms with Crippen LogP contribution in [-0.2, 0) is 4.79 Å². The molecule has 1 heterocycles. The molecule has 0 aliphatic heterocycles. The lowest BCUT2D eigenvalue weighted by atomic mass is 10.1. The highest BCUT2D eigenvalue weighted by Crippen LogP contribution is 2.25. The third-order valence-electron chi connectivity index (χ3n) is 2.79. The second-order valence-electron chi connectivity index (χ2n) is 4.31. The van der Waals surface area contributed by atoms with Crippen molar-refractivity contribution >= 4 is 24.0 Å². The number of amides is 1. The quantitative estimate of drug-likeness (QED) is 0.888. The standard InChI is InChI=1S/C14H17N3O2.ClH/c1-10-4-5-11(17-13(18)3-2-6-15)9-12(10)14-16-7-8-19-14;/h4-5,7-9H,2-3,6,15H2,1H3,(H,17,18);1H. The summed E-state index contributed by atoms with van der Waals surface area (Å²) in [5.41, 5.74) is 8.03. The molecular formula is C14H18ClN3O2. The molecule has 0 aliphatic carbocycles. The van der Waals surface area contributed by atoms with Crippen LogP contribution >= 0.6 is 12.4 Å². The van der Waals surface area contributed by atoms with Crippen molar-refractivity contribution in [3.63, 3.8) is 0 Å². The summed E-state index contributed by atoms with van der Waals surface area (Å²) in [4.78, 5) is 15.8. The second-order valence-corrected chi connectivity index (χ2v) is 4.31. The maximum atomic E-state index is 11.6. The Morgan fingerprint density at radius 2 is 2.25 bits per heavy atom. The van der Waals surface area contributed by atoms with Crippen molar-refractivity contribution in [2.24, 2.45) is 5.73 Å². The second kappa shape index (κ2) is 7.67. The predicted octanol–water partition coefficient (Wildman–Crippen LogP) is 2.75. The molecule has 1 aromatic heterocycles. The van der Waals surface area contributed by atoms with Gasteiger partial charge in [0.2, 0.25) is 11.8 Å². The highest BCUT2D eigenvalue weighted by Gasteiger charge is 2.09. The molecular weight excluding hydrogens is 278 g/mol. The fourth-order valence-electron chi connectivity index (χ4n) is 1.77. The van der Waals surface area contributed by atoms with Gasteiger partial charge < -0.3 is 15.5 Å². The lowest BCUT2D eigenvalue weighted by Gasteiger charge is -2.08. The maximum absolute atomic E-state index is 11.6. The average molecular weight is 296 g/mol. The monoisotopic (exact) mass is 295 g/mol. The summed E-state index contributed by atoms with van der Waals surface area (Å²) in [6.45, 7) is 2.49. The smallest absolute Gasteiger partial charge is 0.226 e. The minimum Gasteiger partial charge on any atom is -0.445 e. The molecule has 3 N–H and O–H groups in total. The number of rotatable bonds is 5. The molecule has 0 spiro atoms. The van der Waals surface area contributed by atoms with Crippen LogP contribution in [0.25, 0.3) is 11.5 Å². The Balaban J connectivity index is 0.00000200. The van der Waals surface area contributed by atoms with Gasteiger partial charge in [0.1, 0.15) is 6.26 Å². The minimum absolute atomic E-state index is 0. The SMILES string of the molecule is Cc1ccc(NC(=O)CCCN)cc1-c1ncco1.Cl. The van der Waals surface area contributed by atoms with Crippen LogP contribution < -0.4 is 11.1 Å². The molecule has 0 saturated heterocycles. The molecule has 108 valence electrons. The van der Waals surface area contributed by atoms with Gasteiger partial charge in [0.15, 0.2) is 0 Å². The maximum Gasteiger partial charge on any atom is 0.226 e. The number of nitrogens with one attached hydrogen (secondary N) is 1. The zero-order valence-corrected chi connectivity index (χ0v) is 12.1. The van der Waals surface area contributed by atoms with Gasteiger partial charge in [-0.1, -0.05) is 6.07 Å². The summed E-state index contributed by atoms with van der Waals surface area (Å²) < 4.78 is 5.28. The number of benzene rings is 1. The average Bonchev–Trinajstić information content (AvgIpc) is 2.92. The molecule has 0 aliphatic rings. The van der Waals surface area contributed by atoms with Gasteiger partial charge in [0, 0.05) is 17.7 Å². The lowest BCUT2D eigenvalue weighted by molar-refractivity contribution is -0.116. The summed E-state index contributed by atoms with van der Waals surface area (Å²) in [6.07, 6.45) is 4.24. The number of aryl methyl sites for hydroxylation is 1. The van der Waals surface area contributed by atoms with Crippen molar-refractivity contribution < 1.29 is 9.21 Å². The van der Waals surface area contributed by atoms with E-state index in [1.54, 1.807) is 6.20 Å². The molecule has 6 heteroatoms. The van der Waals surface area contributed by atoms with Crippen molar-refractivity contribution in [2.75, 3.05) is 11.9 Å². The molecule has 0 radical (unpaired) electrons. The highest BCUT2D eigenvalue weighted by atomic mass is 35.5. The summed E-state index contributed by atoms with van der Waals surface area (Å²) in [6, 6.07) is 5.65. The number of anilines is 1. The van der Waals surface area contributed by atoms with Crippen molar-refractivity contribution in [1.82, 2.24) is 4.98 Å². The van der Waals surface area contributed by atoms with E-state index in [1.165, 1.54) is 6.26 Å². The molecule has 0 unspecified atom stereocenters. The summed E-state index contributed by atoms with van der Waals surface area (Å²) in [7, 11) is 0. The first kappa shape index (κ1) is 16.2. The normalized spacial score (nSPS) is 9.90. The first-order chi connectivity index (χ1) is 9.20. The number of carbonyl (C=O) groups is 1. The Labute approximate surface area is 124 Å². The molecule has 20 heavy (non-hydrogen) atoms. The molecule has 0 fully saturated rings. The van der Waals surface area contributed by atoms with Crippen molar-refractivity contribution in [3.05, 3.63) is 36.2 Å². The first-order valence-corrected chi connectivity index (χ1v) is 6.21. The first-order valence-electron chi connectivity index (χ1n) is 6.21. The number of aromatic nitrogens is 1. The van der Waals surface area contributed by atoms with Crippen LogP contribution in [0.2, 0.25) is 0 Å². The van der Waals surface area contributed by atoms with Gasteiger partial charge in [0.25, 0.3) is 0 Å². The number of carbonyl (C=O) groups excluding carboxylic acids is 1.